The summed E-state index contributed by atoms with van der Waals surface area (Å²) in [7, 11) is 0. The number of allylic oxidation sites excluding steroid dienone is 1. The molecule has 1 atom stereocenters. The number of piperidine rings is 1. The molecule has 2 amide bonds. The number of carbonyl (C=O) groups excluding carboxylic acids is 2. The maximum atomic E-state index is 12.2. The van der Waals surface area contributed by atoms with Crippen LogP contribution in [0.15, 0.2) is 36.5 Å². The third-order valence-electron chi connectivity index (χ3n) is 6.85. The molecule has 1 aromatic rings. The van der Waals surface area contributed by atoms with Gasteiger partial charge in [0.05, 0.1) is 5.92 Å². The van der Waals surface area contributed by atoms with Crippen molar-refractivity contribution in [2.45, 2.75) is 89.4 Å². The first-order valence-corrected chi connectivity index (χ1v) is 12.7. The highest BCUT2D eigenvalue weighted by molar-refractivity contribution is 5.86. The fourth-order valence-electron chi connectivity index (χ4n) is 4.53. The van der Waals surface area contributed by atoms with Crippen LogP contribution in [0.2, 0.25) is 0 Å². The van der Waals surface area contributed by atoms with E-state index in [9.17, 15) is 9.59 Å². The summed E-state index contributed by atoms with van der Waals surface area (Å²) >= 11 is 0. The molecule has 5 heteroatoms. The van der Waals surface area contributed by atoms with E-state index >= 15 is 0 Å². The minimum absolute atomic E-state index is 0.0665. The van der Waals surface area contributed by atoms with Gasteiger partial charge in [0.2, 0.25) is 11.8 Å². The van der Waals surface area contributed by atoms with Gasteiger partial charge in [0.15, 0.2) is 0 Å². The zero-order valence-corrected chi connectivity index (χ0v) is 19.6. The van der Waals surface area contributed by atoms with Crippen molar-refractivity contribution >= 4 is 17.5 Å². The van der Waals surface area contributed by atoms with Gasteiger partial charge in [-0.25, -0.2) is 0 Å². The van der Waals surface area contributed by atoms with Crippen LogP contribution in [0.4, 0.5) is 5.69 Å². The van der Waals surface area contributed by atoms with E-state index in [1.165, 1.54) is 51.4 Å². The molecule has 176 valence electrons. The van der Waals surface area contributed by atoms with E-state index in [-0.39, 0.29) is 17.7 Å². The SMILES string of the molecule is C=C1CCC(c2cccc(NCCCCCCCCCCNC(=O)C3CCC3)c2)C(=O)N1. The van der Waals surface area contributed by atoms with Crippen LogP contribution in [-0.2, 0) is 9.59 Å². The lowest BCUT2D eigenvalue weighted by Crippen LogP contribution is -2.34. The van der Waals surface area contributed by atoms with Gasteiger partial charge >= 0.3 is 0 Å². The molecule has 2 fully saturated rings. The Morgan fingerprint density at radius 1 is 0.969 bits per heavy atom. The van der Waals surface area contributed by atoms with Gasteiger partial charge in [-0.3, -0.25) is 9.59 Å². The summed E-state index contributed by atoms with van der Waals surface area (Å²) < 4.78 is 0. The second-order valence-corrected chi connectivity index (χ2v) is 9.48. The fourth-order valence-corrected chi connectivity index (χ4v) is 4.53. The van der Waals surface area contributed by atoms with Crippen LogP contribution >= 0.6 is 0 Å². The first-order valence-electron chi connectivity index (χ1n) is 12.7. The van der Waals surface area contributed by atoms with Crippen molar-refractivity contribution in [3.8, 4) is 0 Å². The molecule has 1 heterocycles. The molecule has 2 aliphatic rings. The van der Waals surface area contributed by atoms with E-state index in [1.54, 1.807) is 0 Å². The van der Waals surface area contributed by atoms with Gasteiger partial charge in [-0.15, -0.1) is 0 Å². The van der Waals surface area contributed by atoms with Crippen LogP contribution in [0.1, 0.15) is 95.0 Å². The van der Waals surface area contributed by atoms with E-state index in [1.807, 2.05) is 12.1 Å². The van der Waals surface area contributed by atoms with Crippen molar-refractivity contribution in [1.29, 1.82) is 0 Å². The average Bonchev–Trinajstić information content (AvgIpc) is 2.73. The molecule has 0 radical (unpaired) electrons. The third kappa shape index (κ3) is 7.99. The highest BCUT2D eigenvalue weighted by Crippen LogP contribution is 2.29. The Kier molecular flexibility index (Phi) is 10.1. The van der Waals surface area contributed by atoms with Crippen LogP contribution in [0.5, 0.6) is 0 Å². The van der Waals surface area contributed by atoms with E-state index in [0.29, 0.717) is 5.92 Å². The predicted octanol–water partition coefficient (Wildman–Crippen LogP) is 5.64. The molecular formula is C27H41N3O2. The highest BCUT2D eigenvalue weighted by Gasteiger charge is 2.25. The van der Waals surface area contributed by atoms with Crippen molar-refractivity contribution < 1.29 is 9.59 Å². The van der Waals surface area contributed by atoms with Crippen molar-refractivity contribution in [1.82, 2.24) is 10.6 Å². The molecule has 32 heavy (non-hydrogen) atoms. The Hall–Kier alpha value is -2.30. The standard InChI is InChI=1S/C27H41N3O2/c1-21-16-17-25(27(32)30-21)23-14-11-15-24(20-23)28-18-8-6-4-2-3-5-7-9-19-29-26(31)22-12-10-13-22/h11,14-15,20,22,25,28H,1-10,12-13,16-19H2,(H,29,31)(H,30,32). The second-order valence-electron chi connectivity index (χ2n) is 9.48. The maximum Gasteiger partial charge on any atom is 0.231 e. The Bertz CT molecular complexity index is 757. The molecule has 1 aliphatic carbocycles. The summed E-state index contributed by atoms with van der Waals surface area (Å²) in [5.41, 5.74) is 3.01. The fraction of sp³-hybridized carbons (Fsp3) is 0.630. The van der Waals surface area contributed by atoms with E-state index in [2.05, 4.69) is 34.7 Å². The molecule has 3 rings (SSSR count). The maximum absolute atomic E-state index is 12.2. The molecular weight excluding hydrogens is 398 g/mol. The summed E-state index contributed by atoms with van der Waals surface area (Å²) in [4.78, 5) is 24.0. The molecule has 1 saturated carbocycles. The molecule has 5 nitrogen and oxygen atoms in total. The summed E-state index contributed by atoms with van der Waals surface area (Å²) in [6, 6.07) is 8.28. The van der Waals surface area contributed by atoms with Crippen LogP contribution in [0.3, 0.4) is 0 Å². The Morgan fingerprint density at radius 2 is 1.66 bits per heavy atom. The van der Waals surface area contributed by atoms with E-state index in [0.717, 1.165) is 62.1 Å². The van der Waals surface area contributed by atoms with E-state index < -0.39 is 0 Å². The number of benzene rings is 1. The number of hydrogen-bond acceptors (Lipinski definition) is 3. The number of rotatable bonds is 14. The monoisotopic (exact) mass is 439 g/mol. The molecule has 0 bridgehead atoms. The number of carbonyl (C=O) groups is 2. The smallest absolute Gasteiger partial charge is 0.231 e. The minimum Gasteiger partial charge on any atom is -0.385 e. The zero-order valence-electron chi connectivity index (χ0n) is 19.6. The van der Waals surface area contributed by atoms with Crippen molar-refractivity contribution in [2.75, 3.05) is 18.4 Å². The molecule has 1 saturated heterocycles. The lowest BCUT2D eigenvalue weighted by molar-refractivity contribution is -0.127. The summed E-state index contributed by atoms with van der Waals surface area (Å²) in [6.07, 6.45) is 15.0. The number of hydrogen-bond donors (Lipinski definition) is 3. The quantitative estimate of drug-likeness (QED) is 0.328. The molecule has 0 aromatic heterocycles. The molecule has 1 aromatic carbocycles. The third-order valence-corrected chi connectivity index (χ3v) is 6.85. The van der Waals surface area contributed by atoms with E-state index in [4.69, 9.17) is 0 Å². The number of nitrogens with one attached hydrogen (secondary N) is 3. The van der Waals surface area contributed by atoms with Gasteiger partial charge in [0.25, 0.3) is 0 Å². The Morgan fingerprint density at radius 3 is 2.31 bits per heavy atom. The van der Waals surface area contributed by atoms with Crippen molar-refractivity contribution in [3.63, 3.8) is 0 Å². The molecule has 3 N–H and O–H groups in total. The number of anilines is 1. The second kappa shape index (κ2) is 13.3. The number of unbranched alkanes of at least 4 members (excludes halogenated alkanes) is 7. The van der Waals surface area contributed by atoms with Gasteiger partial charge in [-0.1, -0.05) is 63.7 Å². The minimum atomic E-state index is -0.0683. The van der Waals surface area contributed by atoms with Gasteiger partial charge in [0.1, 0.15) is 0 Å². The zero-order chi connectivity index (χ0) is 22.6. The normalized spacial score (nSPS) is 18.7. The first kappa shape index (κ1) is 24.3. The van der Waals surface area contributed by atoms with Gasteiger partial charge in [-0.05, 0) is 56.2 Å². The van der Waals surface area contributed by atoms with Crippen LogP contribution in [0.25, 0.3) is 0 Å². The molecule has 1 aliphatic heterocycles. The summed E-state index contributed by atoms with van der Waals surface area (Å²) in [6.45, 7) is 5.68. The van der Waals surface area contributed by atoms with Crippen molar-refractivity contribution in [3.05, 3.63) is 42.1 Å². The van der Waals surface area contributed by atoms with Crippen LogP contribution < -0.4 is 16.0 Å². The van der Waals surface area contributed by atoms with Crippen LogP contribution in [0, 0.1) is 5.92 Å². The largest absolute Gasteiger partial charge is 0.385 e. The lowest BCUT2D eigenvalue weighted by Gasteiger charge is -2.24. The summed E-state index contributed by atoms with van der Waals surface area (Å²) in [5, 5.41) is 9.47. The number of amides is 2. The molecule has 1 unspecified atom stereocenters. The van der Waals surface area contributed by atoms with Gasteiger partial charge in [-0.2, -0.15) is 0 Å². The highest BCUT2D eigenvalue weighted by atomic mass is 16.2. The Balaban J connectivity index is 1.17. The van der Waals surface area contributed by atoms with Gasteiger partial charge < -0.3 is 16.0 Å². The van der Waals surface area contributed by atoms with Crippen molar-refractivity contribution in [2.24, 2.45) is 5.92 Å². The average molecular weight is 440 g/mol. The predicted molar refractivity (Wildman–Crippen MR) is 131 cm³/mol. The topological polar surface area (TPSA) is 70.2 Å². The van der Waals surface area contributed by atoms with Crippen LogP contribution in [-0.4, -0.2) is 24.9 Å². The Labute approximate surface area is 193 Å². The lowest BCUT2D eigenvalue weighted by atomic mass is 9.85. The first-order chi connectivity index (χ1) is 15.6. The van der Waals surface area contributed by atoms with Gasteiger partial charge in [0, 0.05) is 30.4 Å². The summed E-state index contributed by atoms with van der Waals surface area (Å²) in [5.74, 6) is 0.591. The molecule has 0 spiro atoms.